The largest absolute Gasteiger partial charge is 0.480 e. The fourth-order valence-electron chi connectivity index (χ4n) is 1.38. The van der Waals surface area contributed by atoms with Crippen molar-refractivity contribution < 1.29 is 22.7 Å². The van der Waals surface area contributed by atoms with Crippen LogP contribution in [0, 0.1) is 0 Å². The standard InChI is InChI=1S/C9H7F3N2O2/c10-9(11,12)5-14-7(15)4-16-6-2-1-3-13-8(6)14/h1-3H,4-5H2. The van der Waals surface area contributed by atoms with Gasteiger partial charge in [0.1, 0.15) is 6.54 Å². The summed E-state index contributed by atoms with van der Waals surface area (Å²) in [6.07, 6.45) is -3.15. The van der Waals surface area contributed by atoms with E-state index >= 15 is 0 Å². The van der Waals surface area contributed by atoms with Crippen LogP contribution in [-0.2, 0) is 4.79 Å². The zero-order chi connectivity index (χ0) is 11.8. The second kappa shape index (κ2) is 3.66. The first-order valence-electron chi connectivity index (χ1n) is 4.42. The van der Waals surface area contributed by atoms with E-state index in [-0.39, 0.29) is 11.6 Å². The summed E-state index contributed by atoms with van der Waals surface area (Å²) in [5.74, 6) is -0.647. The van der Waals surface area contributed by atoms with Crippen LogP contribution in [0.3, 0.4) is 0 Å². The normalized spacial score (nSPS) is 15.7. The number of nitrogens with zero attached hydrogens (tertiary/aromatic N) is 2. The molecular weight excluding hydrogens is 225 g/mol. The van der Waals surface area contributed by atoms with Crippen molar-refractivity contribution in [2.24, 2.45) is 0 Å². The molecule has 1 aliphatic heterocycles. The van der Waals surface area contributed by atoms with Crippen LogP contribution in [-0.4, -0.2) is 30.2 Å². The Hall–Kier alpha value is -1.79. The van der Waals surface area contributed by atoms with Gasteiger partial charge in [-0.1, -0.05) is 0 Å². The molecule has 7 heteroatoms. The Balaban J connectivity index is 2.33. The van der Waals surface area contributed by atoms with Crippen molar-refractivity contribution in [3.8, 4) is 5.75 Å². The summed E-state index contributed by atoms with van der Waals surface area (Å²) in [6, 6.07) is 3.00. The van der Waals surface area contributed by atoms with Crippen LogP contribution in [0.4, 0.5) is 19.0 Å². The van der Waals surface area contributed by atoms with E-state index in [1.807, 2.05) is 0 Å². The average molecular weight is 232 g/mol. The maximum atomic E-state index is 12.2. The van der Waals surface area contributed by atoms with Gasteiger partial charge in [0.2, 0.25) is 0 Å². The van der Waals surface area contributed by atoms with E-state index in [4.69, 9.17) is 4.74 Å². The molecule has 0 aromatic carbocycles. The highest BCUT2D eigenvalue weighted by molar-refractivity contribution is 5.96. The van der Waals surface area contributed by atoms with Crippen molar-refractivity contribution in [3.63, 3.8) is 0 Å². The smallest absolute Gasteiger partial charge is 0.406 e. The lowest BCUT2D eigenvalue weighted by molar-refractivity contribution is -0.134. The Bertz CT molecular complexity index is 419. The first kappa shape index (κ1) is 10.7. The van der Waals surface area contributed by atoms with Gasteiger partial charge in [-0.2, -0.15) is 13.2 Å². The van der Waals surface area contributed by atoms with Crippen molar-refractivity contribution in [3.05, 3.63) is 18.3 Å². The number of hydrogen-bond acceptors (Lipinski definition) is 3. The molecule has 2 rings (SSSR count). The number of anilines is 1. The van der Waals surface area contributed by atoms with E-state index in [0.717, 1.165) is 0 Å². The first-order valence-corrected chi connectivity index (χ1v) is 4.42. The molecule has 0 unspecified atom stereocenters. The third kappa shape index (κ3) is 2.07. The number of aromatic nitrogens is 1. The molecule has 1 amide bonds. The fraction of sp³-hybridized carbons (Fsp3) is 0.333. The van der Waals surface area contributed by atoms with Gasteiger partial charge in [-0.3, -0.25) is 9.69 Å². The molecule has 0 saturated carbocycles. The van der Waals surface area contributed by atoms with E-state index in [2.05, 4.69) is 4.98 Å². The molecule has 0 spiro atoms. The van der Waals surface area contributed by atoms with Gasteiger partial charge in [-0.05, 0) is 12.1 Å². The predicted molar refractivity (Wildman–Crippen MR) is 48.1 cm³/mol. The monoisotopic (exact) mass is 232 g/mol. The number of alkyl halides is 3. The molecule has 0 radical (unpaired) electrons. The molecule has 0 bridgehead atoms. The number of carbonyl (C=O) groups excluding carboxylic acids is 1. The fourth-order valence-corrected chi connectivity index (χ4v) is 1.38. The molecular formula is C9H7F3N2O2. The number of halogens is 3. The minimum atomic E-state index is -4.46. The minimum absolute atomic E-state index is 0.0870. The highest BCUT2D eigenvalue weighted by atomic mass is 19.4. The van der Waals surface area contributed by atoms with E-state index in [0.29, 0.717) is 4.90 Å². The van der Waals surface area contributed by atoms with Crippen LogP contribution in [0.2, 0.25) is 0 Å². The van der Waals surface area contributed by atoms with E-state index in [1.54, 1.807) is 0 Å². The molecule has 0 atom stereocenters. The maximum absolute atomic E-state index is 12.2. The van der Waals surface area contributed by atoms with E-state index in [9.17, 15) is 18.0 Å². The molecule has 0 saturated heterocycles. The summed E-state index contributed by atoms with van der Waals surface area (Å²) >= 11 is 0. The van der Waals surface area contributed by atoms with Crippen LogP contribution >= 0.6 is 0 Å². The Kier molecular flexibility index (Phi) is 2.45. The third-order valence-corrected chi connectivity index (χ3v) is 2.00. The predicted octanol–water partition coefficient (Wildman–Crippen LogP) is 1.37. The van der Waals surface area contributed by atoms with Crippen molar-refractivity contribution in [2.45, 2.75) is 6.18 Å². The number of rotatable bonds is 1. The van der Waals surface area contributed by atoms with Gasteiger partial charge in [0.25, 0.3) is 5.91 Å². The van der Waals surface area contributed by atoms with Gasteiger partial charge in [0, 0.05) is 6.20 Å². The molecule has 86 valence electrons. The van der Waals surface area contributed by atoms with Crippen LogP contribution in [0.25, 0.3) is 0 Å². The summed E-state index contributed by atoms with van der Waals surface area (Å²) < 4.78 is 41.7. The molecule has 1 aliphatic rings. The zero-order valence-corrected chi connectivity index (χ0v) is 7.99. The number of fused-ring (bicyclic) bond motifs is 1. The van der Waals surface area contributed by atoms with Crippen molar-refractivity contribution >= 4 is 11.7 Å². The first-order chi connectivity index (χ1) is 7.47. The zero-order valence-electron chi connectivity index (χ0n) is 7.99. The molecule has 2 heterocycles. The molecule has 1 aromatic rings. The topological polar surface area (TPSA) is 42.4 Å². The highest BCUT2D eigenvalue weighted by Crippen LogP contribution is 2.31. The van der Waals surface area contributed by atoms with Gasteiger partial charge in [0.15, 0.2) is 18.2 Å². The summed E-state index contributed by atoms with van der Waals surface area (Å²) in [5.41, 5.74) is 0. The number of hydrogen-bond donors (Lipinski definition) is 0. The van der Waals surface area contributed by atoms with E-state index < -0.39 is 25.2 Å². The van der Waals surface area contributed by atoms with Crippen LogP contribution < -0.4 is 9.64 Å². The number of carbonyl (C=O) groups is 1. The summed E-state index contributed by atoms with van der Waals surface area (Å²) in [6.45, 7) is -1.74. The van der Waals surface area contributed by atoms with Crippen molar-refractivity contribution in [1.29, 1.82) is 0 Å². The average Bonchev–Trinajstić information content (AvgIpc) is 2.21. The van der Waals surface area contributed by atoms with Gasteiger partial charge in [0.05, 0.1) is 0 Å². The quantitative estimate of drug-likeness (QED) is 0.734. The number of pyridine rings is 1. The molecule has 0 aliphatic carbocycles. The number of ether oxygens (including phenoxy) is 1. The lowest BCUT2D eigenvalue weighted by Gasteiger charge is -2.28. The maximum Gasteiger partial charge on any atom is 0.406 e. The van der Waals surface area contributed by atoms with E-state index in [1.165, 1.54) is 18.3 Å². The highest BCUT2D eigenvalue weighted by Gasteiger charge is 2.37. The third-order valence-electron chi connectivity index (χ3n) is 2.00. The van der Waals surface area contributed by atoms with Gasteiger partial charge >= 0.3 is 6.18 Å². The minimum Gasteiger partial charge on any atom is -0.480 e. The second-order valence-electron chi connectivity index (χ2n) is 3.21. The van der Waals surface area contributed by atoms with Gasteiger partial charge < -0.3 is 4.74 Å². The molecule has 0 fully saturated rings. The Labute approximate surface area is 88.6 Å². The van der Waals surface area contributed by atoms with Gasteiger partial charge in [-0.25, -0.2) is 4.98 Å². The molecule has 1 aromatic heterocycles. The van der Waals surface area contributed by atoms with Crippen molar-refractivity contribution in [2.75, 3.05) is 18.1 Å². The summed E-state index contributed by atoms with van der Waals surface area (Å²) in [7, 11) is 0. The number of amides is 1. The summed E-state index contributed by atoms with van der Waals surface area (Å²) in [5, 5.41) is 0. The summed E-state index contributed by atoms with van der Waals surface area (Å²) in [4.78, 5) is 15.6. The molecule has 16 heavy (non-hydrogen) atoms. The SMILES string of the molecule is O=C1COc2cccnc2N1CC(F)(F)F. The van der Waals surface area contributed by atoms with Crippen LogP contribution in [0.1, 0.15) is 0 Å². The Morgan fingerprint density at radius 2 is 2.25 bits per heavy atom. The Morgan fingerprint density at radius 1 is 1.50 bits per heavy atom. The lowest BCUT2D eigenvalue weighted by Crippen LogP contribution is -2.44. The van der Waals surface area contributed by atoms with Crippen LogP contribution in [0.15, 0.2) is 18.3 Å². The molecule has 4 nitrogen and oxygen atoms in total. The van der Waals surface area contributed by atoms with Crippen molar-refractivity contribution in [1.82, 2.24) is 4.98 Å². The second-order valence-corrected chi connectivity index (χ2v) is 3.21. The molecule has 0 N–H and O–H groups in total. The Morgan fingerprint density at radius 3 is 2.94 bits per heavy atom. The van der Waals surface area contributed by atoms with Gasteiger partial charge in [-0.15, -0.1) is 0 Å². The van der Waals surface area contributed by atoms with Crippen LogP contribution in [0.5, 0.6) is 5.75 Å². The lowest BCUT2D eigenvalue weighted by atomic mass is 10.3.